The van der Waals surface area contributed by atoms with Crippen molar-refractivity contribution in [3.05, 3.63) is 76.0 Å². The summed E-state index contributed by atoms with van der Waals surface area (Å²) in [6, 6.07) is 10.5. The Kier molecular flexibility index (Phi) is 18.2. The van der Waals surface area contributed by atoms with Crippen molar-refractivity contribution in [3.63, 3.8) is 0 Å². The fourth-order valence-corrected chi connectivity index (χ4v) is 10.5. The summed E-state index contributed by atoms with van der Waals surface area (Å²) in [5.41, 5.74) is 3.71. The van der Waals surface area contributed by atoms with E-state index in [1.165, 1.54) is 30.0 Å². The van der Waals surface area contributed by atoms with Crippen molar-refractivity contribution >= 4 is 75.8 Å². The highest BCUT2D eigenvalue weighted by molar-refractivity contribution is 8.00. The molecule has 4 amide bonds. The normalized spacial score (nSPS) is 18.7. The number of methoxy groups -OCH3 is 1. The Labute approximate surface area is 427 Å². The van der Waals surface area contributed by atoms with Crippen LogP contribution in [0.15, 0.2) is 54.2 Å². The molecule has 3 fully saturated rings. The molecule has 1 saturated carbocycles. The van der Waals surface area contributed by atoms with Gasteiger partial charge in [-0.25, -0.2) is 14.4 Å². The number of nitrogens with zero attached hydrogens (tertiary/aromatic N) is 6. The number of aliphatic hydroxyl groups is 1. The van der Waals surface area contributed by atoms with Crippen LogP contribution in [-0.2, 0) is 23.9 Å². The SMILES string of the molecule is CNc1nc(Nc2ccc(C(=O)N3CCN(CCOCCOCCSC(C)(C)C(NC(=O)C4(F)CC4)C(=O)N4C[C@H](O)C[C@H]4C(=O)N[C@@H](C)c4ccc(-c5scnc5C)cc4)CC3)cc2OC)ncc1Cl. The summed E-state index contributed by atoms with van der Waals surface area (Å²) in [6.45, 7) is 12.0. The number of anilines is 3. The highest BCUT2D eigenvalue weighted by atomic mass is 35.5. The highest BCUT2D eigenvalue weighted by Crippen LogP contribution is 2.41. The number of β-amino-alcohol motifs (C(OH)–C–C–N with tert-alkyl or cyclic N) is 1. The lowest BCUT2D eigenvalue weighted by atomic mass is 10.00. The van der Waals surface area contributed by atoms with Gasteiger partial charge < -0.3 is 50.4 Å². The zero-order chi connectivity index (χ0) is 50.9. The molecular weight excluding hydrogens is 975 g/mol. The second kappa shape index (κ2) is 24.0. The molecule has 384 valence electrons. The van der Waals surface area contributed by atoms with E-state index in [9.17, 15) is 24.3 Å². The second-order valence-corrected chi connectivity index (χ2v) is 21.4. The summed E-state index contributed by atoms with van der Waals surface area (Å²) in [4.78, 5) is 74.2. The second-order valence-electron chi connectivity index (χ2n) is 18.4. The van der Waals surface area contributed by atoms with Gasteiger partial charge in [0.15, 0.2) is 5.67 Å². The molecule has 4 heterocycles. The number of piperazine rings is 1. The predicted octanol–water partition coefficient (Wildman–Crippen LogP) is 5.48. The van der Waals surface area contributed by atoms with Gasteiger partial charge in [0, 0.05) is 68.8 Å². The van der Waals surface area contributed by atoms with Crippen molar-refractivity contribution in [2.24, 2.45) is 0 Å². The predicted molar refractivity (Wildman–Crippen MR) is 273 cm³/mol. The van der Waals surface area contributed by atoms with Gasteiger partial charge in [-0.15, -0.1) is 11.3 Å². The van der Waals surface area contributed by atoms with E-state index in [1.807, 2.05) is 43.0 Å². The number of alkyl halides is 1. The molecule has 1 aliphatic carbocycles. The van der Waals surface area contributed by atoms with E-state index in [1.54, 1.807) is 55.9 Å². The van der Waals surface area contributed by atoms with E-state index in [2.05, 4.69) is 41.1 Å². The summed E-state index contributed by atoms with van der Waals surface area (Å²) >= 11 is 9.06. The molecule has 0 spiro atoms. The topological polar surface area (TPSA) is 213 Å². The third-order valence-electron chi connectivity index (χ3n) is 12.9. The Balaban J connectivity index is 0.823. The molecule has 4 aromatic rings. The highest BCUT2D eigenvalue weighted by Gasteiger charge is 2.54. The van der Waals surface area contributed by atoms with E-state index in [0.717, 1.165) is 21.7 Å². The molecule has 2 aromatic carbocycles. The Morgan fingerprint density at radius 3 is 2.39 bits per heavy atom. The summed E-state index contributed by atoms with van der Waals surface area (Å²) in [5, 5.41) is 22.9. The number of thiazole rings is 1. The summed E-state index contributed by atoms with van der Waals surface area (Å²) < 4.78 is 31.4. The third kappa shape index (κ3) is 13.7. The van der Waals surface area contributed by atoms with Crippen LogP contribution < -0.4 is 26.0 Å². The number of ether oxygens (including phenoxy) is 3. The average Bonchev–Trinajstić information content (AvgIpc) is 3.77. The molecule has 4 atom stereocenters. The van der Waals surface area contributed by atoms with Gasteiger partial charge in [0.25, 0.3) is 11.8 Å². The molecule has 5 N–H and O–H groups in total. The number of thioether (sulfide) groups is 1. The molecule has 3 aliphatic rings. The van der Waals surface area contributed by atoms with Crippen LogP contribution in [0, 0.1) is 6.92 Å². The number of benzene rings is 2. The molecule has 18 nitrogen and oxygen atoms in total. The monoisotopic (exact) mass is 1040 g/mol. The number of hydrogen-bond acceptors (Lipinski definition) is 16. The standard InChI is InChI=1S/C49H64ClFN10O8S2/c1-30(32-7-9-33(10-8-32)40-31(2)54-29-70-40)55-43(63)38-26-35(62)28-61(38)45(65)41(57-46(66)49(51)13-14-49)48(3,4)71-24-23-69-22-21-68-20-19-59-15-17-60(18-16-59)44(64)34-11-12-37(39(25-34)67-6)56-47-53-27-36(50)42(52-5)58-47/h7-12,25,27,29-30,35,38,41,62H,13-24,26,28H2,1-6H3,(H,55,63)(H,57,66)(H2,52,53,56,58)/t30-,35+,38-,41?/m0/s1. The minimum Gasteiger partial charge on any atom is -0.495 e. The fraction of sp³-hybridized carbons (Fsp3) is 0.531. The smallest absolute Gasteiger partial charge is 0.258 e. The molecule has 1 unspecified atom stereocenters. The Morgan fingerprint density at radius 1 is 1.01 bits per heavy atom. The number of amides is 4. The van der Waals surface area contributed by atoms with Gasteiger partial charge >= 0.3 is 0 Å². The number of hydrogen-bond donors (Lipinski definition) is 5. The van der Waals surface area contributed by atoms with Crippen LogP contribution in [0.1, 0.15) is 67.7 Å². The van der Waals surface area contributed by atoms with Crippen LogP contribution in [-0.4, -0.2) is 173 Å². The van der Waals surface area contributed by atoms with Crippen LogP contribution in [0.25, 0.3) is 10.4 Å². The van der Waals surface area contributed by atoms with Crippen LogP contribution in [0.5, 0.6) is 5.75 Å². The minimum atomic E-state index is -2.03. The summed E-state index contributed by atoms with van der Waals surface area (Å²) in [6.07, 6.45) is 0.709. The van der Waals surface area contributed by atoms with Gasteiger partial charge in [-0.2, -0.15) is 16.7 Å². The molecular formula is C49H64ClFN10O8S2. The number of halogens is 2. The Morgan fingerprint density at radius 2 is 1.73 bits per heavy atom. The van der Waals surface area contributed by atoms with Crippen LogP contribution >= 0.6 is 34.7 Å². The third-order valence-corrected chi connectivity index (χ3v) is 15.5. The van der Waals surface area contributed by atoms with E-state index < -0.39 is 52.4 Å². The van der Waals surface area contributed by atoms with Crippen molar-refractivity contribution in [2.75, 3.05) is 96.2 Å². The summed E-state index contributed by atoms with van der Waals surface area (Å²) in [5.74, 6) is -0.216. The van der Waals surface area contributed by atoms with Crippen molar-refractivity contribution in [3.8, 4) is 16.2 Å². The Hall–Kier alpha value is -5.16. The largest absolute Gasteiger partial charge is 0.495 e. The molecule has 22 heteroatoms. The van der Waals surface area contributed by atoms with Gasteiger partial charge in [0.05, 0.1) is 73.6 Å². The lowest BCUT2D eigenvalue weighted by Gasteiger charge is -2.37. The number of nitrogens with one attached hydrogen (secondary N) is 4. The average molecular weight is 1040 g/mol. The number of aromatic nitrogens is 3. The van der Waals surface area contributed by atoms with E-state index in [4.69, 9.17) is 25.8 Å². The van der Waals surface area contributed by atoms with Crippen LogP contribution in [0.3, 0.4) is 0 Å². The van der Waals surface area contributed by atoms with Gasteiger partial charge in [0.1, 0.15) is 28.7 Å². The van der Waals surface area contributed by atoms with Gasteiger partial charge in [-0.1, -0.05) is 35.9 Å². The van der Waals surface area contributed by atoms with Crippen molar-refractivity contribution in [1.82, 2.24) is 40.3 Å². The number of aryl methyl sites for hydroxylation is 1. The van der Waals surface area contributed by atoms with Gasteiger partial charge in [-0.05, 0) is 69.9 Å². The number of likely N-dealkylation sites (tertiary alicyclic amines) is 1. The number of aliphatic hydroxyl groups excluding tert-OH is 1. The number of carbonyl (C=O) groups excluding carboxylic acids is 4. The van der Waals surface area contributed by atoms with Crippen molar-refractivity contribution in [2.45, 2.75) is 81.6 Å². The van der Waals surface area contributed by atoms with Gasteiger partial charge in [-0.3, -0.25) is 24.1 Å². The zero-order valence-electron chi connectivity index (χ0n) is 41.0. The first-order valence-electron chi connectivity index (χ1n) is 23.8. The molecule has 2 aromatic heterocycles. The summed E-state index contributed by atoms with van der Waals surface area (Å²) in [7, 11) is 3.25. The number of carbonyl (C=O) groups is 4. The van der Waals surface area contributed by atoms with Crippen LogP contribution in [0.4, 0.5) is 21.8 Å². The molecule has 0 radical (unpaired) electrons. The molecule has 2 aliphatic heterocycles. The molecule has 0 bridgehead atoms. The maximum Gasteiger partial charge on any atom is 0.258 e. The maximum absolute atomic E-state index is 15.1. The first-order valence-corrected chi connectivity index (χ1v) is 26.0. The zero-order valence-corrected chi connectivity index (χ0v) is 43.4. The minimum absolute atomic E-state index is 0.0245. The van der Waals surface area contributed by atoms with Crippen molar-refractivity contribution in [1.29, 1.82) is 0 Å². The van der Waals surface area contributed by atoms with E-state index in [0.29, 0.717) is 98.7 Å². The fourth-order valence-electron chi connectivity index (χ4n) is 8.47. The molecule has 2 saturated heterocycles. The molecule has 7 rings (SSSR count). The molecule has 71 heavy (non-hydrogen) atoms. The first kappa shape index (κ1) is 53.6. The van der Waals surface area contributed by atoms with Crippen LogP contribution in [0.2, 0.25) is 5.02 Å². The van der Waals surface area contributed by atoms with E-state index in [-0.39, 0.29) is 31.7 Å². The van der Waals surface area contributed by atoms with Crippen molar-refractivity contribution < 1.29 is 42.9 Å². The Bertz CT molecular complexity index is 2490. The lowest BCUT2D eigenvalue weighted by molar-refractivity contribution is -0.143. The van der Waals surface area contributed by atoms with E-state index >= 15 is 4.39 Å². The lowest BCUT2D eigenvalue weighted by Crippen LogP contribution is -2.61. The van der Waals surface area contributed by atoms with Gasteiger partial charge in [0.2, 0.25) is 17.8 Å². The number of rotatable bonds is 23. The quantitative estimate of drug-likeness (QED) is 0.0582. The first-order chi connectivity index (χ1) is 34.0. The maximum atomic E-state index is 15.1.